The topological polar surface area (TPSA) is 15.3 Å². The van der Waals surface area contributed by atoms with Crippen LogP contribution < -0.4 is 5.32 Å². The standard InChI is InChI=1S/C13H24N2/c1-2-12-5-8-15(9-6-12)11-13-4-3-7-14-10-13/h2,12-14H,1,3-11H2. The highest BCUT2D eigenvalue weighted by Gasteiger charge is 2.21. The lowest BCUT2D eigenvalue weighted by Gasteiger charge is -2.34. The number of hydrogen-bond donors (Lipinski definition) is 1. The predicted molar refractivity (Wildman–Crippen MR) is 65.0 cm³/mol. The molecule has 86 valence electrons. The van der Waals surface area contributed by atoms with E-state index in [0.29, 0.717) is 0 Å². The second-order valence-electron chi connectivity index (χ2n) is 5.09. The lowest BCUT2D eigenvalue weighted by Crippen LogP contribution is -2.41. The van der Waals surface area contributed by atoms with Gasteiger partial charge < -0.3 is 10.2 Å². The number of nitrogens with one attached hydrogen (secondary N) is 1. The molecule has 2 aliphatic rings. The summed E-state index contributed by atoms with van der Waals surface area (Å²) in [6.45, 7) is 10.3. The number of rotatable bonds is 3. The van der Waals surface area contributed by atoms with Gasteiger partial charge in [0.15, 0.2) is 0 Å². The number of allylic oxidation sites excluding steroid dienone is 1. The van der Waals surface area contributed by atoms with E-state index in [9.17, 15) is 0 Å². The average Bonchev–Trinajstić information content (AvgIpc) is 2.31. The SMILES string of the molecule is C=CC1CCN(CC2CCCNC2)CC1. The molecule has 2 aliphatic heterocycles. The average molecular weight is 208 g/mol. The van der Waals surface area contributed by atoms with Crippen LogP contribution in [0.2, 0.25) is 0 Å². The van der Waals surface area contributed by atoms with Crippen LogP contribution in [0.25, 0.3) is 0 Å². The molecule has 2 nitrogen and oxygen atoms in total. The van der Waals surface area contributed by atoms with Crippen molar-refractivity contribution in [3.05, 3.63) is 12.7 Å². The van der Waals surface area contributed by atoms with Gasteiger partial charge in [0, 0.05) is 6.54 Å². The highest BCUT2D eigenvalue weighted by Crippen LogP contribution is 2.20. The minimum absolute atomic E-state index is 0.783. The lowest BCUT2D eigenvalue weighted by atomic mass is 9.94. The number of hydrogen-bond acceptors (Lipinski definition) is 2. The van der Waals surface area contributed by atoms with Crippen LogP contribution in [0, 0.1) is 11.8 Å². The normalized spacial score (nSPS) is 30.3. The summed E-state index contributed by atoms with van der Waals surface area (Å²) in [4.78, 5) is 2.65. The monoisotopic (exact) mass is 208 g/mol. The van der Waals surface area contributed by atoms with Gasteiger partial charge in [0.05, 0.1) is 0 Å². The van der Waals surface area contributed by atoms with E-state index >= 15 is 0 Å². The lowest BCUT2D eigenvalue weighted by molar-refractivity contribution is 0.163. The van der Waals surface area contributed by atoms with E-state index in [1.54, 1.807) is 0 Å². The highest BCUT2D eigenvalue weighted by atomic mass is 15.1. The van der Waals surface area contributed by atoms with E-state index in [0.717, 1.165) is 11.8 Å². The Morgan fingerprint density at radius 3 is 2.67 bits per heavy atom. The van der Waals surface area contributed by atoms with E-state index in [1.807, 2.05) is 0 Å². The van der Waals surface area contributed by atoms with Crippen LogP contribution >= 0.6 is 0 Å². The van der Waals surface area contributed by atoms with Crippen LogP contribution in [0.4, 0.5) is 0 Å². The molecule has 1 unspecified atom stereocenters. The molecule has 0 spiro atoms. The third-order valence-corrected chi connectivity index (χ3v) is 3.88. The highest BCUT2D eigenvalue weighted by molar-refractivity contribution is 4.85. The third kappa shape index (κ3) is 3.32. The summed E-state index contributed by atoms with van der Waals surface area (Å²) in [6.07, 6.45) is 7.58. The summed E-state index contributed by atoms with van der Waals surface area (Å²) in [5, 5.41) is 3.50. The van der Waals surface area contributed by atoms with E-state index in [-0.39, 0.29) is 0 Å². The Kier molecular flexibility index (Phi) is 4.21. The molecule has 0 saturated carbocycles. The Balaban J connectivity index is 1.69. The Morgan fingerprint density at radius 1 is 1.27 bits per heavy atom. The minimum atomic E-state index is 0.783. The molecule has 0 aliphatic carbocycles. The maximum absolute atomic E-state index is 3.90. The quantitative estimate of drug-likeness (QED) is 0.713. The zero-order chi connectivity index (χ0) is 10.5. The van der Waals surface area contributed by atoms with Crippen molar-refractivity contribution < 1.29 is 0 Å². The van der Waals surface area contributed by atoms with E-state index in [1.165, 1.54) is 58.4 Å². The molecule has 0 radical (unpaired) electrons. The van der Waals surface area contributed by atoms with Crippen LogP contribution in [0.5, 0.6) is 0 Å². The van der Waals surface area contributed by atoms with Crippen molar-refractivity contribution in [2.75, 3.05) is 32.7 Å². The van der Waals surface area contributed by atoms with Gasteiger partial charge in [-0.15, -0.1) is 6.58 Å². The molecule has 0 amide bonds. The number of likely N-dealkylation sites (tertiary alicyclic amines) is 1. The molecular formula is C13H24N2. The van der Waals surface area contributed by atoms with Gasteiger partial charge in [-0.1, -0.05) is 6.08 Å². The van der Waals surface area contributed by atoms with Crippen LogP contribution in [0.1, 0.15) is 25.7 Å². The van der Waals surface area contributed by atoms with Gasteiger partial charge in [-0.05, 0) is 63.7 Å². The molecule has 2 fully saturated rings. The molecule has 2 rings (SSSR count). The van der Waals surface area contributed by atoms with E-state index in [2.05, 4.69) is 22.9 Å². The van der Waals surface area contributed by atoms with E-state index < -0.39 is 0 Å². The fourth-order valence-electron chi connectivity index (χ4n) is 2.82. The van der Waals surface area contributed by atoms with Crippen molar-refractivity contribution in [3.63, 3.8) is 0 Å². The first-order valence-corrected chi connectivity index (χ1v) is 6.44. The molecule has 0 aromatic carbocycles. The Morgan fingerprint density at radius 2 is 2.07 bits per heavy atom. The van der Waals surface area contributed by atoms with Crippen molar-refractivity contribution >= 4 is 0 Å². The van der Waals surface area contributed by atoms with Gasteiger partial charge in [0.1, 0.15) is 0 Å². The van der Waals surface area contributed by atoms with Gasteiger partial charge >= 0.3 is 0 Å². The van der Waals surface area contributed by atoms with Crippen molar-refractivity contribution in [3.8, 4) is 0 Å². The summed E-state index contributed by atoms with van der Waals surface area (Å²) >= 11 is 0. The predicted octanol–water partition coefficient (Wildman–Crippen LogP) is 1.88. The molecule has 2 saturated heterocycles. The minimum Gasteiger partial charge on any atom is -0.316 e. The molecular weight excluding hydrogens is 184 g/mol. The van der Waals surface area contributed by atoms with E-state index in [4.69, 9.17) is 0 Å². The number of nitrogens with zero attached hydrogens (tertiary/aromatic N) is 1. The summed E-state index contributed by atoms with van der Waals surface area (Å²) in [6, 6.07) is 0. The second-order valence-corrected chi connectivity index (χ2v) is 5.09. The summed E-state index contributed by atoms with van der Waals surface area (Å²) in [7, 11) is 0. The number of piperidine rings is 2. The van der Waals surface area contributed by atoms with Crippen LogP contribution in [0.15, 0.2) is 12.7 Å². The van der Waals surface area contributed by atoms with Crippen LogP contribution in [0.3, 0.4) is 0 Å². The third-order valence-electron chi connectivity index (χ3n) is 3.88. The maximum Gasteiger partial charge on any atom is 0.00218 e. The zero-order valence-electron chi connectivity index (χ0n) is 9.75. The summed E-state index contributed by atoms with van der Waals surface area (Å²) < 4.78 is 0. The summed E-state index contributed by atoms with van der Waals surface area (Å²) in [5.74, 6) is 1.68. The molecule has 0 bridgehead atoms. The van der Waals surface area contributed by atoms with Crippen LogP contribution in [-0.2, 0) is 0 Å². The molecule has 1 atom stereocenters. The van der Waals surface area contributed by atoms with Crippen molar-refractivity contribution in [2.24, 2.45) is 11.8 Å². The molecule has 1 N–H and O–H groups in total. The smallest absolute Gasteiger partial charge is 0.00218 e. The van der Waals surface area contributed by atoms with Crippen molar-refractivity contribution in [2.45, 2.75) is 25.7 Å². The Hall–Kier alpha value is -0.340. The zero-order valence-corrected chi connectivity index (χ0v) is 9.75. The van der Waals surface area contributed by atoms with Gasteiger partial charge in [0.25, 0.3) is 0 Å². The first-order chi connectivity index (χ1) is 7.38. The first kappa shape index (κ1) is 11.2. The molecule has 0 aromatic rings. The van der Waals surface area contributed by atoms with Crippen molar-refractivity contribution in [1.29, 1.82) is 0 Å². The summed E-state index contributed by atoms with van der Waals surface area (Å²) in [5.41, 5.74) is 0. The molecule has 2 heterocycles. The van der Waals surface area contributed by atoms with Gasteiger partial charge in [-0.3, -0.25) is 0 Å². The largest absolute Gasteiger partial charge is 0.316 e. The molecule has 15 heavy (non-hydrogen) atoms. The van der Waals surface area contributed by atoms with Gasteiger partial charge in [-0.2, -0.15) is 0 Å². The van der Waals surface area contributed by atoms with Crippen molar-refractivity contribution in [1.82, 2.24) is 10.2 Å². The van der Waals surface area contributed by atoms with Gasteiger partial charge in [-0.25, -0.2) is 0 Å². The Labute approximate surface area is 93.7 Å². The fraction of sp³-hybridized carbons (Fsp3) is 0.846. The molecule has 2 heteroatoms. The molecule has 0 aromatic heterocycles. The fourth-order valence-corrected chi connectivity index (χ4v) is 2.82. The van der Waals surface area contributed by atoms with Gasteiger partial charge in [0.2, 0.25) is 0 Å². The second kappa shape index (κ2) is 5.66. The maximum atomic E-state index is 3.90. The van der Waals surface area contributed by atoms with Crippen LogP contribution in [-0.4, -0.2) is 37.6 Å². The Bertz CT molecular complexity index is 189. The first-order valence-electron chi connectivity index (χ1n) is 6.44.